The first kappa shape index (κ1) is 18.9. The molecule has 1 aromatic rings. The summed E-state index contributed by atoms with van der Waals surface area (Å²) in [7, 11) is -2.89. The third-order valence-electron chi connectivity index (χ3n) is 4.36. The first-order valence-electron chi connectivity index (χ1n) is 8.45. The van der Waals surface area contributed by atoms with E-state index in [1.54, 1.807) is 0 Å². The average molecular weight is 353 g/mol. The number of benzene rings is 1. The molecule has 0 spiro atoms. The van der Waals surface area contributed by atoms with Gasteiger partial charge < -0.3 is 5.32 Å². The zero-order chi connectivity index (χ0) is 17.8. The molecule has 1 N–H and O–H groups in total. The number of nitrogens with one attached hydrogen (secondary N) is 1. The highest BCUT2D eigenvalue weighted by Crippen LogP contribution is 2.22. The van der Waals surface area contributed by atoms with Crippen LogP contribution in [0, 0.1) is 0 Å². The van der Waals surface area contributed by atoms with E-state index in [1.165, 1.54) is 11.1 Å². The van der Waals surface area contributed by atoms with Crippen molar-refractivity contribution in [1.29, 1.82) is 0 Å². The fourth-order valence-electron chi connectivity index (χ4n) is 2.69. The zero-order valence-electron chi connectivity index (χ0n) is 14.8. The van der Waals surface area contributed by atoms with Crippen LogP contribution in [-0.2, 0) is 26.5 Å². The van der Waals surface area contributed by atoms with E-state index < -0.39 is 9.84 Å². The van der Waals surface area contributed by atoms with Gasteiger partial charge in [-0.25, -0.2) is 8.42 Å². The molecule has 6 heteroatoms. The van der Waals surface area contributed by atoms with Gasteiger partial charge in [0.15, 0.2) is 9.84 Å². The fraction of sp³-hybridized carbons (Fsp3) is 0.611. The predicted octanol–water partition coefficient (Wildman–Crippen LogP) is 1.37. The highest BCUT2D eigenvalue weighted by molar-refractivity contribution is 7.91. The van der Waals surface area contributed by atoms with E-state index in [9.17, 15) is 13.2 Å². The third-order valence-corrected chi connectivity index (χ3v) is 5.97. The lowest BCUT2D eigenvalue weighted by molar-refractivity contribution is -0.122. The molecule has 1 heterocycles. The molecular weight excluding hydrogens is 324 g/mol. The lowest BCUT2D eigenvalue weighted by Gasteiger charge is -2.25. The molecule has 24 heavy (non-hydrogen) atoms. The van der Waals surface area contributed by atoms with Crippen LogP contribution in [-0.4, -0.2) is 56.9 Å². The number of hydrogen-bond acceptors (Lipinski definition) is 4. The van der Waals surface area contributed by atoms with Gasteiger partial charge in [0.25, 0.3) is 0 Å². The molecule has 0 atom stereocenters. The summed E-state index contributed by atoms with van der Waals surface area (Å²) in [5, 5.41) is 2.91. The second-order valence-corrected chi connectivity index (χ2v) is 9.78. The predicted molar refractivity (Wildman–Crippen MR) is 96.9 cm³/mol. The van der Waals surface area contributed by atoms with Gasteiger partial charge in [0.1, 0.15) is 0 Å². The minimum Gasteiger partial charge on any atom is -0.355 e. The first-order chi connectivity index (χ1) is 11.2. The summed E-state index contributed by atoms with van der Waals surface area (Å²) in [4.78, 5) is 13.8. The van der Waals surface area contributed by atoms with Crippen molar-refractivity contribution < 1.29 is 13.2 Å². The van der Waals surface area contributed by atoms with E-state index in [4.69, 9.17) is 0 Å². The van der Waals surface area contributed by atoms with Gasteiger partial charge in [-0.1, -0.05) is 45.0 Å². The minimum atomic E-state index is -2.89. The number of nitrogens with zero attached hydrogens (tertiary/aromatic N) is 1. The van der Waals surface area contributed by atoms with Crippen molar-refractivity contribution in [2.24, 2.45) is 0 Å². The Morgan fingerprint density at radius 2 is 1.71 bits per heavy atom. The lowest BCUT2D eigenvalue weighted by atomic mass is 9.86. The Morgan fingerprint density at radius 1 is 1.12 bits per heavy atom. The topological polar surface area (TPSA) is 66.5 Å². The summed E-state index contributed by atoms with van der Waals surface area (Å²) in [5.41, 5.74) is 2.65. The van der Waals surface area contributed by atoms with E-state index in [1.807, 2.05) is 4.90 Å². The van der Waals surface area contributed by atoms with Crippen LogP contribution in [0.4, 0.5) is 0 Å². The Bertz CT molecular complexity index is 646. The van der Waals surface area contributed by atoms with Gasteiger partial charge in [0.2, 0.25) is 5.91 Å². The summed E-state index contributed by atoms with van der Waals surface area (Å²) in [5.74, 6) is 0.265. The molecule has 0 unspecified atom stereocenters. The molecule has 2 rings (SSSR count). The molecule has 5 nitrogen and oxygen atoms in total. The molecule has 1 aliphatic rings. The van der Waals surface area contributed by atoms with Crippen LogP contribution in [0.1, 0.15) is 31.9 Å². The molecule has 0 aromatic heterocycles. The zero-order valence-corrected chi connectivity index (χ0v) is 15.7. The molecule has 0 aliphatic carbocycles. The van der Waals surface area contributed by atoms with E-state index in [0.29, 0.717) is 19.6 Å². The van der Waals surface area contributed by atoms with Crippen LogP contribution in [0.25, 0.3) is 0 Å². The number of rotatable bonds is 5. The SMILES string of the molecule is CC(C)(C)c1ccc(CCNC(=O)CN2CCS(=O)(=O)CC2)cc1. The van der Waals surface area contributed by atoms with Gasteiger partial charge >= 0.3 is 0 Å². The Hall–Kier alpha value is -1.40. The Morgan fingerprint density at radius 3 is 2.25 bits per heavy atom. The van der Waals surface area contributed by atoms with Crippen LogP contribution in [0.3, 0.4) is 0 Å². The molecular formula is C18H28N2O3S. The Labute approximate surface area is 145 Å². The van der Waals surface area contributed by atoms with Gasteiger partial charge in [0.05, 0.1) is 18.1 Å². The molecule has 1 fully saturated rings. The van der Waals surface area contributed by atoms with Gasteiger partial charge in [0, 0.05) is 19.6 Å². The summed E-state index contributed by atoms with van der Waals surface area (Å²) in [6.45, 7) is 8.34. The Kier molecular flexibility index (Phi) is 6.04. The monoisotopic (exact) mass is 352 g/mol. The molecule has 134 valence electrons. The minimum absolute atomic E-state index is 0.0411. The maximum Gasteiger partial charge on any atom is 0.234 e. The van der Waals surface area contributed by atoms with Crippen LogP contribution < -0.4 is 5.32 Å². The number of carbonyl (C=O) groups is 1. The second kappa shape index (κ2) is 7.66. The maximum absolute atomic E-state index is 11.9. The average Bonchev–Trinajstić information content (AvgIpc) is 2.49. The van der Waals surface area contributed by atoms with Crippen LogP contribution in [0.5, 0.6) is 0 Å². The highest BCUT2D eigenvalue weighted by atomic mass is 32.2. The molecule has 1 saturated heterocycles. The summed E-state index contributed by atoms with van der Waals surface area (Å²) in [6.07, 6.45) is 0.796. The molecule has 0 bridgehead atoms. The number of hydrogen-bond donors (Lipinski definition) is 1. The quantitative estimate of drug-likeness (QED) is 0.869. The first-order valence-corrected chi connectivity index (χ1v) is 10.3. The van der Waals surface area contributed by atoms with E-state index in [-0.39, 0.29) is 29.4 Å². The summed E-state index contributed by atoms with van der Waals surface area (Å²) in [6, 6.07) is 8.51. The van der Waals surface area contributed by atoms with Crippen molar-refractivity contribution in [3.05, 3.63) is 35.4 Å². The molecule has 1 amide bonds. The van der Waals surface area contributed by atoms with Crippen molar-refractivity contribution in [2.45, 2.75) is 32.6 Å². The van der Waals surface area contributed by atoms with Crippen molar-refractivity contribution >= 4 is 15.7 Å². The summed E-state index contributed by atoms with van der Waals surface area (Å²) >= 11 is 0. The van der Waals surface area contributed by atoms with Crippen LogP contribution >= 0.6 is 0 Å². The molecule has 1 aliphatic heterocycles. The van der Waals surface area contributed by atoms with Gasteiger partial charge in [-0.15, -0.1) is 0 Å². The van der Waals surface area contributed by atoms with E-state index in [2.05, 4.69) is 50.4 Å². The van der Waals surface area contributed by atoms with Crippen molar-refractivity contribution in [3.63, 3.8) is 0 Å². The Balaban J connectivity index is 1.71. The van der Waals surface area contributed by atoms with Gasteiger partial charge in [-0.3, -0.25) is 9.69 Å². The van der Waals surface area contributed by atoms with E-state index >= 15 is 0 Å². The lowest BCUT2D eigenvalue weighted by Crippen LogP contribution is -2.45. The standard InChI is InChI=1S/C18H28N2O3S/c1-18(2,3)16-6-4-15(5-7-16)8-9-19-17(21)14-20-10-12-24(22,23)13-11-20/h4-7H,8-14H2,1-3H3,(H,19,21). The van der Waals surface area contributed by atoms with E-state index in [0.717, 1.165) is 6.42 Å². The summed E-state index contributed by atoms with van der Waals surface area (Å²) < 4.78 is 22.7. The van der Waals surface area contributed by atoms with Gasteiger partial charge in [-0.2, -0.15) is 0 Å². The number of sulfone groups is 1. The molecule has 0 radical (unpaired) electrons. The normalized spacial score (nSPS) is 18.3. The number of amides is 1. The highest BCUT2D eigenvalue weighted by Gasteiger charge is 2.22. The van der Waals surface area contributed by atoms with Crippen molar-refractivity contribution in [1.82, 2.24) is 10.2 Å². The largest absolute Gasteiger partial charge is 0.355 e. The van der Waals surface area contributed by atoms with Gasteiger partial charge in [-0.05, 0) is 23.0 Å². The molecule has 1 aromatic carbocycles. The maximum atomic E-state index is 11.9. The van der Waals surface area contributed by atoms with Crippen molar-refractivity contribution in [3.8, 4) is 0 Å². The third kappa shape index (κ3) is 5.91. The molecule has 0 saturated carbocycles. The van der Waals surface area contributed by atoms with Crippen LogP contribution in [0.2, 0.25) is 0 Å². The number of carbonyl (C=O) groups excluding carboxylic acids is 1. The van der Waals surface area contributed by atoms with Crippen molar-refractivity contribution in [2.75, 3.05) is 37.7 Å². The fourth-order valence-corrected chi connectivity index (χ4v) is 3.96. The van der Waals surface area contributed by atoms with Crippen LogP contribution in [0.15, 0.2) is 24.3 Å². The second-order valence-electron chi connectivity index (χ2n) is 7.47. The smallest absolute Gasteiger partial charge is 0.234 e.